The second kappa shape index (κ2) is 5.45. The number of amides is 1. The number of nitrogens with zero attached hydrogens (tertiary/aromatic N) is 3. The van der Waals surface area contributed by atoms with Crippen molar-refractivity contribution in [3.63, 3.8) is 0 Å². The Morgan fingerprint density at radius 3 is 2.80 bits per heavy atom. The van der Waals surface area contributed by atoms with Crippen molar-refractivity contribution in [3.8, 4) is 11.4 Å². The molecule has 1 aliphatic heterocycles. The number of carbonyl (C=O) groups excluding carboxylic acids is 1. The topological polar surface area (TPSA) is 61.9 Å². The van der Waals surface area contributed by atoms with E-state index in [0.717, 1.165) is 37.3 Å². The lowest BCUT2D eigenvalue weighted by Crippen LogP contribution is -2.36. The van der Waals surface area contributed by atoms with E-state index in [2.05, 4.69) is 15.2 Å². The Kier molecular flexibility index (Phi) is 3.50. The van der Waals surface area contributed by atoms with E-state index in [-0.39, 0.29) is 5.91 Å². The summed E-state index contributed by atoms with van der Waals surface area (Å²) >= 11 is 0. The SMILES string of the molecule is Cc1cc(-c2ncccc2C(=O)N2CCCCC2)n[nH]1. The number of rotatable bonds is 2. The van der Waals surface area contributed by atoms with Crippen molar-refractivity contribution in [3.05, 3.63) is 35.7 Å². The van der Waals surface area contributed by atoms with E-state index in [1.807, 2.05) is 24.0 Å². The van der Waals surface area contributed by atoms with Crippen LogP contribution in [0.4, 0.5) is 0 Å². The zero-order valence-electron chi connectivity index (χ0n) is 11.6. The highest BCUT2D eigenvalue weighted by Crippen LogP contribution is 2.22. The first-order chi connectivity index (χ1) is 9.75. The van der Waals surface area contributed by atoms with E-state index in [1.54, 1.807) is 12.3 Å². The van der Waals surface area contributed by atoms with Crippen LogP contribution in [0.3, 0.4) is 0 Å². The molecule has 1 amide bonds. The predicted octanol–water partition coefficient (Wildman–Crippen LogP) is 2.41. The molecule has 2 aromatic heterocycles. The van der Waals surface area contributed by atoms with Gasteiger partial charge in [0.05, 0.1) is 5.56 Å². The summed E-state index contributed by atoms with van der Waals surface area (Å²) in [6.45, 7) is 3.62. The fourth-order valence-electron chi connectivity index (χ4n) is 2.59. The number of carbonyl (C=O) groups is 1. The predicted molar refractivity (Wildman–Crippen MR) is 76.3 cm³/mol. The van der Waals surface area contributed by atoms with Gasteiger partial charge in [0.15, 0.2) is 0 Å². The molecule has 5 nitrogen and oxygen atoms in total. The first-order valence-corrected chi connectivity index (χ1v) is 7.02. The number of pyridine rings is 1. The average molecular weight is 270 g/mol. The summed E-state index contributed by atoms with van der Waals surface area (Å²) in [5.74, 6) is 0.0634. The zero-order chi connectivity index (χ0) is 13.9. The van der Waals surface area contributed by atoms with E-state index in [1.165, 1.54) is 6.42 Å². The van der Waals surface area contributed by atoms with Crippen LogP contribution in [-0.2, 0) is 0 Å². The molecule has 0 saturated carbocycles. The van der Waals surface area contributed by atoms with Crippen LogP contribution >= 0.6 is 0 Å². The van der Waals surface area contributed by atoms with Gasteiger partial charge in [-0.25, -0.2) is 0 Å². The van der Waals surface area contributed by atoms with Crippen LogP contribution in [0.1, 0.15) is 35.3 Å². The first-order valence-electron chi connectivity index (χ1n) is 7.02. The number of aromatic amines is 1. The lowest BCUT2D eigenvalue weighted by molar-refractivity contribution is 0.0724. The van der Waals surface area contributed by atoms with Crippen molar-refractivity contribution in [1.29, 1.82) is 0 Å². The second-order valence-electron chi connectivity index (χ2n) is 5.19. The van der Waals surface area contributed by atoms with E-state index < -0.39 is 0 Å². The Bertz CT molecular complexity index is 614. The molecule has 0 radical (unpaired) electrons. The second-order valence-corrected chi connectivity index (χ2v) is 5.19. The van der Waals surface area contributed by atoms with Crippen molar-refractivity contribution in [2.24, 2.45) is 0 Å². The molecular formula is C15H18N4O. The Balaban J connectivity index is 1.95. The van der Waals surface area contributed by atoms with E-state index in [9.17, 15) is 4.79 Å². The van der Waals surface area contributed by atoms with Crippen LogP contribution in [0.15, 0.2) is 24.4 Å². The first kappa shape index (κ1) is 12.8. The highest BCUT2D eigenvalue weighted by atomic mass is 16.2. The Hall–Kier alpha value is -2.17. The van der Waals surface area contributed by atoms with Gasteiger partial charge in [-0.3, -0.25) is 14.9 Å². The summed E-state index contributed by atoms with van der Waals surface area (Å²) < 4.78 is 0. The standard InChI is InChI=1S/C15H18N4O/c1-11-10-13(18-17-11)14-12(6-5-7-16-14)15(20)19-8-3-2-4-9-19/h5-7,10H,2-4,8-9H2,1H3,(H,17,18). The van der Waals surface area contributed by atoms with Crippen molar-refractivity contribution in [2.75, 3.05) is 13.1 Å². The summed E-state index contributed by atoms with van der Waals surface area (Å²) in [5, 5.41) is 7.11. The Labute approximate surface area is 118 Å². The molecule has 0 bridgehead atoms. The summed E-state index contributed by atoms with van der Waals surface area (Å²) in [4.78, 5) is 18.9. The van der Waals surface area contributed by atoms with Crippen LogP contribution in [0.2, 0.25) is 0 Å². The van der Waals surface area contributed by atoms with Crippen molar-refractivity contribution in [2.45, 2.75) is 26.2 Å². The summed E-state index contributed by atoms with van der Waals surface area (Å²) in [6.07, 6.45) is 5.08. The molecule has 1 saturated heterocycles. The van der Waals surface area contributed by atoms with Crippen LogP contribution in [0, 0.1) is 6.92 Å². The van der Waals surface area contributed by atoms with Crippen LogP contribution in [-0.4, -0.2) is 39.1 Å². The van der Waals surface area contributed by atoms with E-state index >= 15 is 0 Å². The number of hydrogen-bond donors (Lipinski definition) is 1. The lowest BCUT2D eigenvalue weighted by Gasteiger charge is -2.27. The number of aryl methyl sites for hydroxylation is 1. The maximum absolute atomic E-state index is 12.6. The van der Waals surface area contributed by atoms with Gasteiger partial charge < -0.3 is 4.90 Å². The summed E-state index contributed by atoms with van der Waals surface area (Å²) in [6, 6.07) is 5.55. The van der Waals surface area contributed by atoms with Gasteiger partial charge in [-0.15, -0.1) is 0 Å². The molecule has 0 aromatic carbocycles. The van der Waals surface area contributed by atoms with E-state index in [4.69, 9.17) is 0 Å². The van der Waals surface area contributed by atoms with Crippen LogP contribution < -0.4 is 0 Å². The fraction of sp³-hybridized carbons (Fsp3) is 0.400. The molecule has 0 spiro atoms. The smallest absolute Gasteiger partial charge is 0.256 e. The van der Waals surface area contributed by atoms with Gasteiger partial charge in [-0.2, -0.15) is 5.10 Å². The molecule has 0 atom stereocenters. The van der Waals surface area contributed by atoms with Crippen molar-refractivity contribution >= 4 is 5.91 Å². The molecule has 1 fully saturated rings. The number of H-pyrrole nitrogens is 1. The number of piperidine rings is 1. The minimum absolute atomic E-state index is 0.0634. The largest absolute Gasteiger partial charge is 0.339 e. The maximum atomic E-state index is 12.6. The Morgan fingerprint density at radius 2 is 2.10 bits per heavy atom. The molecular weight excluding hydrogens is 252 g/mol. The number of likely N-dealkylation sites (tertiary alicyclic amines) is 1. The zero-order valence-corrected chi connectivity index (χ0v) is 11.6. The number of nitrogens with one attached hydrogen (secondary N) is 1. The van der Waals surface area contributed by atoms with Gasteiger partial charge in [-0.1, -0.05) is 0 Å². The quantitative estimate of drug-likeness (QED) is 0.911. The van der Waals surface area contributed by atoms with Gasteiger partial charge >= 0.3 is 0 Å². The molecule has 3 rings (SSSR count). The minimum Gasteiger partial charge on any atom is -0.339 e. The van der Waals surface area contributed by atoms with Crippen molar-refractivity contribution in [1.82, 2.24) is 20.1 Å². The lowest BCUT2D eigenvalue weighted by atomic mass is 10.1. The number of hydrogen-bond acceptors (Lipinski definition) is 3. The molecule has 0 unspecified atom stereocenters. The van der Waals surface area contributed by atoms with Crippen LogP contribution in [0.5, 0.6) is 0 Å². The Morgan fingerprint density at radius 1 is 1.30 bits per heavy atom. The van der Waals surface area contributed by atoms with Gasteiger partial charge in [-0.05, 0) is 44.4 Å². The monoisotopic (exact) mass is 270 g/mol. The van der Waals surface area contributed by atoms with E-state index in [0.29, 0.717) is 11.3 Å². The maximum Gasteiger partial charge on any atom is 0.256 e. The van der Waals surface area contributed by atoms with Gasteiger partial charge in [0.1, 0.15) is 11.4 Å². The summed E-state index contributed by atoms with van der Waals surface area (Å²) in [5.41, 5.74) is 2.99. The fourth-order valence-corrected chi connectivity index (χ4v) is 2.59. The molecule has 0 aliphatic carbocycles. The molecule has 104 valence electrons. The molecule has 20 heavy (non-hydrogen) atoms. The van der Waals surface area contributed by atoms with Crippen LogP contribution in [0.25, 0.3) is 11.4 Å². The summed E-state index contributed by atoms with van der Waals surface area (Å²) in [7, 11) is 0. The number of aromatic nitrogens is 3. The molecule has 5 heteroatoms. The molecule has 3 heterocycles. The third-order valence-corrected chi connectivity index (χ3v) is 3.63. The third-order valence-electron chi connectivity index (χ3n) is 3.63. The molecule has 1 aliphatic rings. The highest BCUT2D eigenvalue weighted by Gasteiger charge is 2.22. The normalized spacial score (nSPS) is 15.3. The van der Waals surface area contributed by atoms with Gasteiger partial charge in [0.25, 0.3) is 5.91 Å². The average Bonchev–Trinajstić information content (AvgIpc) is 2.94. The van der Waals surface area contributed by atoms with Gasteiger partial charge in [0, 0.05) is 25.0 Å². The molecule has 1 N–H and O–H groups in total. The van der Waals surface area contributed by atoms with Gasteiger partial charge in [0.2, 0.25) is 0 Å². The minimum atomic E-state index is 0.0634. The van der Waals surface area contributed by atoms with Crippen molar-refractivity contribution < 1.29 is 4.79 Å². The molecule has 2 aromatic rings. The highest BCUT2D eigenvalue weighted by molar-refractivity contribution is 5.99. The third kappa shape index (κ3) is 2.43.